The minimum absolute atomic E-state index is 0. The summed E-state index contributed by atoms with van der Waals surface area (Å²) in [7, 11) is 3.17. The van der Waals surface area contributed by atoms with Crippen molar-refractivity contribution in [2.45, 2.75) is 20.5 Å². The van der Waals surface area contributed by atoms with Crippen molar-refractivity contribution in [3.05, 3.63) is 42.8 Å². The van der Waals surface area contributed by atoms with E-state index < -0.39 is 0 Å². The summed E-state index contributed by atoms with van der Waals surface area (Å²) in [5.74, 6) is -0.217. The largest absolute Gasteiger partial charge is 0 e. The molecular weight excluding hydrogens is 791 g/mol. The van der Waals surface area contributed by atoms with E-state index in [1.54, 1.807) is 14.1 Å². The van der Waals surface area contributed by atoms with Crippen molar-refractivity contribution in [1.82, 2.24) is 5.32 Å². The molecule has 11 heteroatoms. The number of nitrogens with one attached hydrogen (secondary N) is 1. The van der Waals surface area contributed by atoms with Gasteiger partial charge in [-0.2, -0.15) is 0 Å². The van der Waals surface area contributed by atoms with E-state index >= 15 is 0 Å². The summed E-state index contributed by atoms with van der Waals surface area (Å²) in [6, 6.07) is 7.49. The van der Waals surface area contributed by atoms with Crippen LogP contribution in [0.1, 0.15) is 25.0 Å². The average molecular weight is 815 g/mol. The maximum atomic E-state index is 11.8. The molecule has 0 atom stereocenters. The Morgan fingerprint density at radius 3 is 2.15 bits per heavy atom. The third-order valence-corrected chi connectivity index (χ3v) is 2.41. The summed E-state index contributed by atoms with van der Waals surface area (Å²) >= 11 is 7.39. The number of amides is 1. The SMILES string of the molecule is CN=C(C(=O)NC)c1ccccc1CON=C(C)C.O.[CH3-].[I][V]([I])[I].[Y]. The fourth-order valence-corrected chi connectivity index (χ4v) is 1.57. The summed E-state index contributed by atoms with van der Waals surface area (Å²) in [5, 5.41) is 6.47. The van der Waals surface area contributed by atoms with E-state index in [0.717, 1.165) is 16.8 Å². The molecule has 1 aromatic carbocycles. The fourth-order valence-electron chi connectivity index (χ4n) is 1.57. The van der Waals surface area contributed by atoms with E-state index in [-0.39, 0.29) is 56.4 Å². The Hall–Kier alpha value is 1.67. The second-order valence-corrected chi connectivity index (χ2v) is 39.7. The Labute approximate surface area is 219 Å². The van der Waals surface area contributed by atoms with E-state index in [0.29, 0.717) is 12.3 Å². The smallest absolute Gasteiger partial charge is 0 e. The number of aliphatic imine (C=N–C) groups is 1. The molecule has 1 rings (SSSR count). The zero-order chi connectivity index (χ0) is 17.8. The van der Waals surface area contributed by atoms with Crippen molar-refractivity contribution < 1.29 is 52.7 Å². The molecule has 0 aliphatic carbocycles. The fraction of sp³-hybridized carbons (Fsp3) is 0.333. The Morgan fingerprint density at radius 1 is 1.23 bits per heavy atom. The molecule has 147 valence electrons. The van der Waals surface area contributed by atoms with E-state index in [9.17, 15) is 4.79 Å². The van der Waals surface area contributed by atoms with Crippen molar-refractivity contribution in [2.24, 2.45) is 10.1 Å². The number of likely N-dealkylation sites (N-methyl/N-ethyl adjacent to an activating group) is 1. The van der Waals surface area contributed by atoms with Crippen molar-refractivity contribution in [1.29, 1.82) is 0 Å². The molecule has 0 unspecified atom stereocenters. The van der Waals surface area contributed by atoms with Crippen molar-refractivity contribution >= 4 is 77.3 Å². The Balaban J connectivity index is -0.000000314. The van der Waals surface area contributed by atoms with Gasteiger partial charge in [-0.05, 0) is 13.8 Å². The molecule has 0 saturated carbocycles. The molecule has 6 nitrogen and oxygen atoms in total. The summed E-state index contributed by atoms with van der Waals surface area (Å²) < 4.78 is 0. The van der Waals surface area contributed by atoms with Crippen molar-refractivity contribution in [3.63, 3.8) is 0 Å². The second kappa shape index (κ2) is 21.4. The third kappa shape index (κ3) is 16.6. The molecule has 0 saturated heterocycles. The molecule has 1 aromatic rings. The van der Waals surface area contributed by atoms with Crippen LogP contribution in [0.2, 0.25) is 0 Å². The summed E-state index contributed by atoms with van der Waals surface area (Å²) in [5.41, 5.74) is 2.86. The van der Waals surface area contributed by atoms with E-state index in [2.05, 4.69) is 75.4 Å². The predicted octanol–water partition coefficient (Wildman–Crippen LogP) is 4.04. The number of hydrogen-bond donors (Lipinski definition) is 1. The number of rotatable bonds is 5. The standard InChI is InChI=1S/C14H19N3O2.CH3.3HI.H2O.V.Y/c1-10(2)17-19-9-11-7-5-6-8-12(11)13(15-3)14(18)16-4;;;;;;;/h5-8H,9H2,1-4H3,(H,16,18);1H3;3*1H;1H2;;/q;-1;;;;;+3;/p-3. The van der Waals surface area contributed by atoms with Crippen molar-refractivity contribution in [3.8, 4) is 0 Å². The molecule has 1 radical (unpaired) electrons. The number of carbonyl (C=O) groups is 1. The van der Waals surface area contributed by atoms with Gasteiger partial charge in [-0.3, -0.25) is 9.79 Å². The summed E-state index contributed by atoms with van der Waals surface area (Å²) in [4.78, 5) is 20.8. The monoisotopic (exact) mass is 815 g/mol. The molecule has 0 bridgehead atoms. The van der Waals surface area contributed by atoms with Crippen LogP contribution in [0.5, 0.6) is 0 Å². The van der Waals surface area contributed by atoms with Gasteiger partial charge in [-0.25, -0.2) is 0 Å². The maximum absolute atomic E-state index is 11.8. The number of carbonyl (C=O) groups excluding carboxylic acids is 1. The van der Waals surface area contributed by atoms with Gasteiger partial charge in [0.05, 0.1) is 5.71 Å². The maximum Gasteiger partial charge on any atom is 0 e. The molecule has 1 amide bonds. The molecule has 0 spiro atoms. The summed E-state index contributed by atoms with van der Waals surface area (Å²) in [6.07, 6.45) is 0. The molecule has 0 aliphatic rings. The number of benzene rings is 1. The van der Waals surface area contributed by atoms with Crippen LogP contribution in [0.25, 0.3) is 0 Å². The minimum atomic E-state index is -0.278. The van der Waals surface area contributed by atoms with Gasteiger partial charge in [0.1, 0.15) is 12.3 Å². The van der Waals surface area contributed by atoms with Gasteiger partial charge in [0, 0.05) is 57.9 Å². The average Bonchev–Trinajstić information content (AvgIpc) is 2.48. The number of oxime groups is 1. The Morgan fingerprint density at radius 2 is 1.73 bits per heavy atom. The van der Waals surface area contributed by atoms with Crippen LogP contribution in [-0.2, 0) is 53.9 Å². The first-order valence-electron chi connectivity index (χ1n) is 6.51. The third-order valence-electron chi connectivity index (χ3n) is 2.41. The first-order chi connectivity index (χ1) is 10.8. The Bertz CT molecular complexity index is 569. The first-order valence-corrected chi connectivity index (χ1v) is 20.0. The summed E-state index contributed by atoms with van der Waals surface area (Å²) in [6.45, 7) is 4.02. The molecule has 26 heavy (non-hydrogen) atoms. The van der Waals surface area contributed by atoms with Gasteiger partial charge in [0.2, 0.25) is 0 Å². The van der Waals surface area contributed by atoms with E-state index in [1.807, 2.05) is 38.1 Å². The van der Waals surface area contributed by atoms with Gasteiger partial charge in [-0.15, -0.1) is 0 Å². The second-order valence-electron chi connectivity index (χ2n) is 4.31. The normalized spacial score (nSPS) is 9.31. The van der Waals surface area contributed by atoms with Crippen LogP contribution in [0.15, 0.2) is 34.4 Å². The number of nitrogens with zero attached hydrogens (tertiary/aromatic N) is 2. The van der Waals surface area contributed by atoms with E-state index in [4.69, 9.17) is 4.84 Å². The van der Waals surface area contributed by atoms with Gasteiger partial charge >= 0.3 is 64.9 Å². The van der Waals surface area contributed by atoms with Crippen LogP contribution in [-0.4, -0.2) is 36.9 Å². The van der Waals surface area contributed by atoms with E-state index in [1.165, 1.54) is 0 Å². The molecular formula is C15H24I3N3O3VY-. The van der Waals surface area contributed by atoms with Crippen LogP contribution < -0.4 is 5.32 Å². The van der Waals surface area contributed by atoms with Gasteiger partial charge in [0.15, 0.2) is 0 Å². The topological polar surface area (TPSA) is 94.5 Å². The minimum Gasteiger partial charge on any atom is 0 e. The number of hydrogen-bond acceptors (Lipinski definition) is 4. The van der Waals surface area contributed by atoms with Gasteiger partial charge < -0.3 is 23.1 Å². The predicted molar refractivity (Wildman–Crippen MR) is 129 cm³/mol. The van der Waals surface area contributed by atoms with Gasteiger partial charge in [0.25, 0.3) is 5.91 Å². The molecule has 0 fully saturated rings. The van der Waals surface area contributed by atoms with Gasteiger partial charge in [-0.1, -0.05) is 29.4 Å². The Kier molecular flexibility index (Phi) is 28.9. The van der Waals surface area contributed by atoms with Crippen LogP contribution in [0, 0.1) is 7.43 Å². The quantitative estimate of drug-likeness (QED) is 0.211. The molecule has 0 aromatic heterocycles. The van der Waals surface area contributed by atoms with Crippen molar-refractivity contribution in [2.75, 3.05) is 14.1 Å². The van der Waals surface area contributed by atoms with Crippen LogP contribution >= 0.6 is 59.9 Å². The molecule has 0 aliphatic heterocycles. The zero-order valence-corrected chi connectivity index (χ0v) is 26.1. The van der Waals surface area contributed by atoms with Crippen LogP contribution in [0.4, 0.5) is 0 Å². The zero-order valence-electron chi connectivity index (χ0n) is 15.4. The number of halogens is 3. The molecule has 0 heterocycles. The first kappa shape index (κ1) is 35.1. The van der Waals surface area contributed by atoms with Crippen LogP contribution in [0.3, 0.4) is 0 Å². The molecule has 3 N–H and O–H groups in total.